The number of carbonyl (C=O) groups excluding carboxylic acids is 1. The summed E-state index contributed by atoms with van der Waals surface area (Å²) in [6.07, 6.45) is 0.0635. The highest BCUT2D eigenvalue weighted by atomic mass is 32.2. The predicted octanol–water partition coefficient (Wildman–Crippen LogP) is 0.900. The highest BCUT2D eigenvalue weighted by Gasteiger charge is 2.42. The van der Waals surface area contributed by atoms with E-state index in [-0.39, 0.29) is 23.4 Å². The Kier molecular flexibility index (Phi) is 3.50. The minimum absolute atomic E-state index is 0.0635. The topological polar surface area (TPSA) is 118 Å². The third kappa shape index (κ3) is 2.74. The molecule has 0 aromatic heterocycles. The largest absolute Gasteiger partial charge is 0.390 e. The molecule has 21 heavy (non-hydrogen) atoms. The molecule has 0 unspecified atom stereocenters. The Morgan fingerprint density at radius 3 is 2.52 bits per heavy atom. The van der Waals surface area contributed by atoms with Crippen molar-refractivity contribution >= 4 is 21.6 Å². The Balaban J connectivity index is 2.43. The third-order valence-corrected chi connectivity index (χ3v) is 4.95. The van der Waals surface area contributed by atoms with Crippen LogP contribution in [0.15, 0.2) is 23.1 Å². The lowest BCUT2D eigenvalue weighted by Gasteiger charge is -2.21. The van der Waals surface area contributed by atoms with Gasteiger partial charge in [-0.1, -0.05) is 0 Å². The average Bonchev–Trinajstić information content (AvgIpc) is 2.54. The molecule has 0 spiro atoms. The van der Waals surface area contributed by atoms with Crippen molar-refractivity contribution in [2.45, 2.75) is 30.8 Å². The highest BCUT2D eigenvalue weighted by Crippen LogP contribution is 2.33. The summed E-state index contributed by atoms with van der Waals surface area (Å²) in [5.74, 6) is -0.732. The second-order valence-electron chi connectivity index (χ2n) is 5.38. The van der Waals surface area contributed by atoms with E-state index in [2.05, 4.69) is 0 Å². The predicted molar refractivity (Wildman–Crippen MR) is 72.2 cm³/mol. The van der Waals surface area contributed by atoms with Crippen LogP contribution in [0.3, 0.4) is 0 Å². The van der Waals surface area contributed by atoms with E-state index in [9.17, 15) is 28.4 Å². The van der Waals surface area contributed by atoms with Gasteiger partial charge in [0.25, 0.3) is 21.6 Å². The van der Waals surface area contributed by atoms with Crippen molar-refractivity contribution in [1.29, 1.82) is 0 Å². The van der Waals surface area contributed by atoms with E-state index in [1.807, 2.05) is 0 Å². The lowest BCUT2D eigenvalue weighted by atomic mass is 10.1. The van der Waals surface area contributed by atoms with Crippen LogP contribution in [0.25, 0.3) is 0 Å². The summed E-state index contributed by atoms with van der Waals surface area (Å²) in [4.78, 5) is 21.7. The summed E-state index contributed by atoms with van der Waals surface area (Å²) in [6.45, 7) is 2.81. The number of aliphatic hydroxyl groups is 1. The fourth-order valence-corrected chi connectivity index (χ4v) is 3.56. The first kappa shape index (κ1) is 15.4. The van der Waals surface area contributed by atoms with Gasteiger partial charge >= 0.3 is 0 Å². The lowest BCUT2D eigenvalue weighted by Crippen LogP contribution is -2.35. The number of carbonyl (C=O) groups is 1. The molecule has 9 heteroatoms. The first-order valence-corrected chi connectivity index (χ1v) is 7.56. The molecule has 1 aromatic carbocycles. The highest BCUT2D eigenvalue weighted by molar-refractivity contribution is 7.90. The molecular weight excluding hydrogens is 300 g/mol. The Labute approximate surface area is 121 Å². The number of non-ortho nitro benzene ring substituents is 1. The van der Waals surface area contributed by atoms with Crippen LogP contribution in [0, 0.1) is 10.1 Å². The van der Waals surface area contributed by atoms with Gasteiger partial charge in [0.1, 0.15) is 4.90 Å². The Morgan fingerprint density at radius 1 is 1.38 bits per heavy atom. The molecule has 0 saturated carbocycles. The Morgan fingerprint density at radius 2 is 2.00 bits per heavy atom. The molecule has 2 rings (SSSR count). The monoisotopic (exact) mass is 314 g/mol. The first-order valence-electron chi connectivity index (χ1n) is 6.12. The second-order valence-corrected chi connectivity index (χ2v) is 7.21. The molecular formula is C12H14N2O6S. The number of benzene rings is 1. The van der Waals surface area contributed by atoms with Crippen LogP contribution in [-0.4, -0.2) is 40.8 Å². The normalized spacial score (nSPS) is 16.9. The first-order chi connectivity index (χ1) is 9.54. The molecule has 1 amide bonds. The van der Waals surface area contributed by atoms with Crippen molar-refractivity contribution in [3.05, 3.63) is 33.9 Å². The van der Waals surface area contributed by atoms with Crippen LogP contribution in [0.1, 0.15) is 30.6 Å². The van der Waals surface area contributed by atoms with Crippen molar-refractivity contribution in [2.24, 2.45) is 0 Å². The van der Waals surface area contributed by atoms with Crippen molar-refractivity contribution in [2.75, 3.05) is 6.54 Å². The number of sulfonamides is 1. The van der Waals surface area contributed by atoms with Gasteiger partial charge < -0.3 is 5.11 Å². The van der Waals surface area contributed by atoms with Gasteiger partial charge in [0.2, 0.25) is 0 Å². The van der Waals surface area contributed by atoms with Crippen molar-refractivity contribution < 1.29 is 23.2 Å². The van der Waals surface area contributed by atoms with Gasteiger partial charge in [-0.25, -0.2) is 12.7 Å². The maximum atomic E-state index is 12.3. The van der Waals surface area contributed by atoms with Gasteiger partial charge in [0.15, 0.2) is 0 Å². The minimum Gasteiger partial charge on any atom is -0.390 e. The smallest absolute Gasteiger partial charge is 0.270 e. The number of nitro groups is 1. The van der Waals surface area contributed by atoms with Crippen molar-refractivity contribution in [3.63, 3.8) is 0 Å². The molecule has 0 fully saturated rings. The molecule has 0 saturated heterocycles. The number of amides is 1. The SMILES string of the molecule is CC(C)(O)CCN1C(=O)c2ccc([N+](=O)[O-])cc2S1(=O)=O. The van der Waals surface area contributed by atoms with Gasteiger partial charge in [-0.15, -0.1) is 0 Å². The molecule has 1 aromatic rings. The Hall–Kier alpha value is -2.00. The molecule has 8 nitrogen and oxygen atoms in total. The van der Waals surface area contributed by atoms with Gasteiger partial charge in [0.05, 0.1) is 16.1 Å². The van der Waals surface area contributed by atoms with Crippen molar-refractivity contribution in [1.82, 2.24) is 4.31 Å². The summed E-state index contributed by atoms with van der Waals surface area (Å²) in [6, 6.07) is 3.11. The maximum absolute atomic E-state index is 12.3. The van der Waals surface area contributed by atoms with Crippen LogP contribution in [0.2, 0.25) is 0 Å². The van der Waals surface area contributed by atoms with Crippen LogP contribution < -0.4 is 0 Å². The molecule has 1 heterocycles. The fraction of sp³-hybridized carbons (Fsp3) is 0.417. The van der Waals surface area contributed by atoms with E-state index in [1.165, 1.54) is 13.8 Å². The summed E-state index contributed by atoms with van der Waals surface area (Å²) in [5, 5.41) is 20.4. The van der Waals surface area contributed by atoms with E-state index in [4.69, 9.17) is 0 Å². The van der Waals surface area contributed by atoms with Crippen LogP contribution in [-0.2, 0) is 10.0 Å². The van der Waals surface area contributed by atoms with E-state index in [1.54, 1.807) is 0 Å². The average molecular weight is 314 g/mol. The maximum Gasteiger partial charge on any atom is 0.270 e. The molecule has 1 aliphatic rings. The zero-order valence-electron chi connectivity index (χ0n) is 11.4. The van der Waals surface area contributed by atoms with E-state index < -0.39 is 32.1 Å². The van der Waals surface area contributed by atoms with Gasteiger partial charge in [-0.3, -0.25) is 14.9 Å². The van der Waals surface area contributed by atoms with E-state index in [0.29, 0.717) is 4.31 Å². The molecule has 0 aliphatic carbocycles. The van der Waals surface area contributed by atoms with Gasteiger partial charge in [-0.2, -0.15) is 0 Å². The van der Waals surface area contributed by atoms with Gasteiger partial charge in [-0.05, 0) is 26.3 Å². The molecule has 0 bridgehead atoms. The summed E-state index contributed by atoms with van der Waals surface area (Å²) < 4.78 is 25.2. The molecule has 114 valence electrons. The number of hydrogen-bond donors (Lipinski definition) is 1. The van der Waals surface area contributed by atoms with Crippen LogP contribution >= 0.6 is 0 Å². The molecule has 0 atom stereocenters. The van der Waals surface area contributed by atoms with Crippen molar-refractivity contribution in [3.8, 4) is 0 Å². The number of rotatable bonds is 4. The van der Waals surface area contributed by atoms with Gasteiger partial charge in [0, 0.05) is 18.7 Å². The van der Waals surface area contributed by atoms with E-state index >= 15 is 0 Å². The van der Waals surface area contributed by atoms with E-state index in [0.717, 1.165) is 18.2 Å². The summed E-state index contributed by atoms with van der Waals surface area (Å²) >= 11 is 0. The fourth-order valence-electron chi connectivity index (χ4n) is 1.97. The molecule has 0 radical (unpaired) electrons. The molecule has 1 N–H and O–H groups in total. The Bertz CT molecular complexity index is 720. The molecule has 1 aliphatic heterocycles. The number of nitro benzene ring substituents is 1. The number of hydrogen-bond acceptors (Lipinski definition) is 6. The lowest BCUT2D eigenvalue weighted by molar-refractivity contribution is -0.385. The zero-order chi connectivity index (χ0) is 16.0. The summed E-state index contributed by atoms with van der Waals surface area (Å²) in [7, 11) is -4.11. The number of fused-ring (bicyclic) bond motifs is 1. The summed E-state index contributed by atoms with van der Waals surface area (Å²) in [5.41, 5.74) is -1.61. The minimum atomic E-state index is -4.11. The number of nitrogens with zero attached hydrogens (tertiary/aromatic N) is 2. The third-order valence-electron chi connectivity index (χ3n) is 3.13. The van der Waals surface area contributed by atoms with Crippen LogP contribution in [0.5, 0.6) is 0 Å². The zero-order valence-corrected chi connectivity index (χ0v) is 12.3. The standard InChI is InChI=1S/C12H14N2O6S/c1-12(2,16)5-6-13-11(15)9-4-3-8(14(17)18)7-10(9)21(13,19)20/h3-4,7,16H,5-6H2,1-2H3. The quantitative estimate of drug-likeness (QED) is 0.651. The second kappa shape index (κ2) is 4.78. The van der Waals surface area contributed by atoms with Crippen LogP contribution in [0.4, 0.5) is 5.69 Å².